The van der Waals surface area contributed by atoms with Gasteiger partial charge in [-0.25, -0.2) is 8.78 Å². The van der Waals surface area contributed by atoms with E-state index in [4.69, 9.17) is 23.2 Å². The van der Waals surface area contributed by atoms with Crippen LogP contribution >= 0.6 is 23.2 Å². The van der Waals surface area contributed by atoms with Crippen LogP contribution in [0.4, 0.5) is 8.78 Å². The normalized spacial score (nSPS) is 10.9. The third kappa shape index (κ3) is 2.56. The summed E-state index contributed by atoms with van der Waals surface area (Å²) < 4.78 is 25.7. The van der Waals surface area contributed by atoms with Crippen LogP contribution in [0.15, 0.2) is 36.7 Å². The summed E-state index contributed by atoms with van der Waals surface area (Å²) >= 11 is 11.8. The van der Waals surface area contributed by atoms with Gasteiger partial charge in [0.2, 0.25) is 0 Å². The van der Waals surface area contributed by atoms with E-state index in [1.54, 1.807) is 6.07 Å². The van der Waals surface area contributed by atoms with Crippen molar-refractivity contribution in [3.8, 4) is 11.1 Å². The molecule has 0 aliphatic heterocycles. The van der Waals surface area contributed by atoms with E-state index < -0.39 is 6.43 Å². The Morgan fingerprint density at radius 1 is 1.06 bits per heavy atom. The van der Waals surface area contributed by atoms with Crippen LogP contribution in [-0.2, 0) is 0 Å². The summed E-state index contributed by atoms with van der Waals surface area (Å²) in [5, 5.41) is 0.703. The molecule has 0 atom stereocenters. The van der Waals surface area contributed by atoms with Gasteiger partial charge in [-0.05, 0) is 23.8 Å². The number of alkyl halides is 2. The Morgan fingerprint density at radius 2 is 1.82 bits per heavy atom. The fourth-order valence-electron chi connectivity index (χ4n) is 1.55. The smallest absolute Gasteiger partial charge is 0.263 e. The lowest BCUT2D eigenvalue weighted by Gasteiger charge is -2.10. The highest BCUT2D eigenvalue weighted by Gasteiger charge is 2.16. The molecule has 17 heavy (non-hydrogen) atoms. The van der Waals surface area contributed by atoms with Gasteiger partial charge in [-0.2, -0.15) is 0 Å². The highest BCUT2D eigenvalue weighted by atomic mass is 35.5. The second kappa shape index (κ2) is 4.98. The third-order valence-electron chi connectivity index (χ3n) is 2.31. The molecule has 1 aromatic heterocycles. The van der Waals surface area contributed by atoms with Crippen molar-refractivity contribution >= 4 is 23.2 Å². The molecular weight excluding hydrogens is 267 g/mol. The van der Waals surface area contributed by atoms with Crippen LogP contribution in [0, 0.1) is 0 Å². The first-order valence-electron chi connectivity index (χ1n) is 4.77. The predicted octanol–water partition coefficient (Wildman–Crippen LogP) is 4.99. The lowest BCUT2D eigenvalue weighted by Crippen LogP contribution is -1.91. The highest BCUT2D eigenvalue weighted by Crippen LogP contribution is 2.36. The SMILES string of the molecule is FC(F)c1ccc(Cl)cc1-c1ccncc1Cl. The van der Waals surface area contributed by atoms with E-state index in [0.717, 1.165) is 0 Å². The first kappa shape index (κ1) is 12.3. The molecule has 88 valence electrons. The number of hydrogen-bond donors (Lipinski definition) is 0. The molecule has 0 saturated heterocycles. The summed E-state index contributed by atoms with van der Waals surface area (Å²) in [6.45, 7) is 0. The molecule has 1 nitrogen and oxygen atoms in total. The van der Waals surface area contributed by atoms with Crippen molar-refractivity contribution in [1.82, 2.24) is 4.98 Å². The van der Waals surface area contributed by atoms with E-state index in [0.29, 0.717) is 21.2 Å². The Balaban J connectivity index is 2.65. The molecular formula is C12H7Cl2F2N. The lowest BCUT2D eigenvalue weighted by atomic mass is 10.0. The quantitative estimate of drug-likeness (QED) is 0.751. The van der Waals surface area contributed by atoms with Crippen LogP contribution in [0.5, 0.6) is 0 Å². The number of benzene rings is 1. The summed E-state index contributed by atoms with van der Waals surface area (Å²) in [6.07, 6.45) is 0.330. The van der Waals surface area contributed by atoms with Crippen molar-refractivity contribution in [1.29, 1.82) is 0 Å². The van der Waals surface area contributed by atoms with Gasteiger partial charge in [-0.1, -0.05) is 29.3 Å². The van der Waals surface area contributed by atoms with Crippen molar-refractivity contribution < 1.29 is 8.78 Å². The molecule has 0 unspecified atom stereocenters. The van der Waals surface area contributed by atoms with Gasteiger partial charge in [-0.3, -0.25) is 4.98 Å². The van der Waals surface area contributed by atoms with E-state index in [2.05, 4.69) is 4.98 Å². The Hall–Kier alpha value is -1.19. The van der Waals surface area contributed by atoms with Crippen LogP contribution in [0.2, 0.25) is 10.0 Å². The molecule has 0 amide bonds. The zero-order chi connectivity index (χ0) is 12.4. The molecule has 5 heteroatoms. The molecule has 1 heterocycles. The van der Waals surface area contributed by atoms with Gasteiger partial charge in [-0.15, -0.1) is 0 Å². The Kier molecular flexibility index (Phi) is 3.60. The van der Waals surface area contributed by atoms with Crippen molar-refractivity contribution in [2.75, 3.05) is 0 Å². The van der Waals surface area contributed by atoms with Crippen LogP contribution in [0.25, 0.3) is 11.1 Å². The number of hydrogen-bond acceptors (Lipinski definition) is 1. The number of aromatic nitrogens is 1. The molecule has 0 bridgehead atoms. The minimum atomic E-state index is -2.58. The number of nitrogens with zero attached hydrogens (tertiary/aromatic N) is 1. The second-order valence-corrected chi connectivity index (χ2v) is 4.23. The van der Waals surface area contributed by atoms with Gasteiger partial charge in [0.1, 0.15) is 0 Å². The summed E-state index contributed by atoms with van der Waals surface area (Å²) in [5.74, 6) is 0. The van der Waals surface area contributed by atoms with E-state index in [9.17, 15) is 8.78 Å². The average molecular weight is 274 g/mol. The Morgan fingerprint density at radius 3 is 2.47 bits per heavy atom. The number of pyridine rings is 1. The summed E-state index contributed by atoms with van der Waals surface area (Å²) in [7, 11) is 0. The molecule has 1 aromatic carbocycles. The van der Waals surface area contributed by atoms with Gasteiger partial charge in [0.05, 0.1) is 5.02 Å². The Labute approximate surface area is 107 Å². The second-order valence-electron chi connectivity index (χ2n) is 3.39. The monoisotopic (exact) mass is 273 g/mol. The fraction of sp³-hybridized carbons (Fsp3) is 0.0833. The summed E-state index contributed by atoms with van der Waals surface area (Å²) in [5.41, 5.74) is 0.738. The molecule has 0 aliphatic carbocycles. The maximum absolute atomic E-state index is 12.9. The molecule has 0 saturated carbocycles. The zero-order valence-corrected chi connectivity index (χ0v) is 10.0. The zero-order valence-electron chi connectivity index (χ0n) is 8.50. The molecule has 2 aromatic rings. The molecule has 0 aliphatic rings. The van der Waals surface area contributed by atoms with Gasteiger partial charge >= 0.3 is 0 Å². The largest absolute Gasteiger partial charge is 0.264 e. The molecule has 0 fully saturated rings. The topological polar surface area (TPSA) is 12.9 Å². The van der Waals surface area contributed by atoms with Crippen LogP contribution in [0.1, 0.15) is 12.0 Å². The summed E-state index contributed by atoms with van der Waals surface area (Å²) in [4.78, 5) is 3.81. The minimum Gasteiger partial charge on any atom is -0.263 e. The van der Waals surface area contributed by atoms with Crippen LogP contribution < -0.4 is 0 Å². The molecule has 0 radical (unpaired) electrons. The van der Waals surface area contributed by atoms with E-state index >= 15 is 0 Å². The maximum atomic E-state index is 12.9. The van der Waals surface area contributed by atoms with E-state index in [-0.39, 0.29) is 5.56 Å². The van der Waals surface area contributed by atoms with Crippen LogP contribution in [-0.4, -0.2) is 4.98 Å². The van der Waals surface area contributed by atoms with Crippen molar-refractivity contribution in [3.05, 3.63) is 52.3 Å². The fourth-order valence-corrected chi connectivity index (χ4v) is 1.94. The lowest BCUT2D eigenvalue weighted by molar-refractivity contribution is 0.152. The maximum Gasteiger partial charge on any atom is 0.264 e. The van der Waals surface area contributed by atoms with Crippen molar-refractivity contribution in [2.24, 2.45) is 0 Å². The van der Waals surface area contributed by atoms with Gasteiger partial charge < -0.3 is 0 Å². The molecule has 0 N–H and O–H groups in total. The number of halogens is 4. The number of rotatable bonds is 2. The first-order valence-corrected chi connectivity index (χ1v) is 5.52. The average Bonchev–Trinajstić information content (AvgIpc) is 2.29. The third-order valence-corrected chi connectivity index (χ3v) is 2.85. The minimum absolute atomic E-state index is 0.0949. The molecule has 2 rings (SSSR count). The van der Waals surface area contributed by atoms with Gasteiger partial charge in [0.15, 0.2) is 0 Å². The van der Waals surface area contributed by atoms with Gasteiger partial charge in [0.25, 0.3) is 6.43 Å². The predicted molar refractivity (Wildman–Crippen MR) is 64.7 cm³/mol. The molecule has 0 spiro atoms. The van der Waals surface area contributed by atoms with E-state index in [1.165, 1.54) is 30.6 Å². The standard InChI is InChI=1S/C12H7Cl2F2N/c13-7-1-2-9(12(15)16)10(5-7)8-3-4-17-6-11(8)14/h1-6,12H. The van der Waals surface area contributed by atoms with Crippen molar-refractivity contribution in [3.63, 3.8) is 0 Å². The van der Waals surface area contributed by atoms with Gasteiger partial charge in [0, 0.05) is 28.5 Å². The highest BCUT2D eigenvalue weighted by molar-refractivity contribution is 6.33. The van der Waals surface area contributed by atoms with E-state index in [1.807, 2.05) is 0 Å². The Bertz CT molecular complexity index is 544. The summed E-state index contributed by atoms with van der Waals surface area (Å²) in [6, 6.07) is 5.80. The van der Waals surface area contributed by atoms with Crippen LogP contribution in [0.3, 0.4) is 0 Å². The van der Waals surface area contributed by atoms with Crippen molar-refractivity contribution in [2.45, 2.75) is 6.43 Å². The first-order chi connectivity index (χ1) is 8.09.